The molecule has 0 spiro atoms. The topological polar surface area (TPSA) is 42.4 Å². The van der Waals surface area contributed by atoms with Gasteiger partial charge >= 0.3 is 0 Å². The standard InChI is InChI=1S/C11H10ClNO2S/c1-15-8-4-7(5-13-6-8)11(14)9-2-3-10(12)16-9/h2-6,11,14H,1H3. The zero-order valence-corrected chi connectivity index (χ0v) is 10.1. The van der Waals surface area contributed by atoms with Gasteiger partial charge in [0.2, 0.25) is 0 Å². The number of rotatable bonds is 3. The van der Waals surface area contributed by atoms with Crippen LogP contribution >= 0.6 is 22.9 Å². The Bertz CT molecular complexity index is 486. The van der Waals surface area contributed by atoms with Gasteiger partial charge in [-0.05, 0) is 18.2 Å². The molecule has 0 saturated carbocycles. The summed E-state index contributed by atoms with van der Waals surface area (Å²) in [4.78, 5) is 4.79. The van der Waals surface area contributed by atoms with Gasteiger partial charge in [-0.2, -0.15) is 0 Å². The SMILES string of the molecule is COc1cncc(C(O)c2ccc(Cl)s2)c1. The third kappa shape index (κ3) is 2.35. The summed E-state index contributed by atoms with van der Waals surface area (Å²) in [6.45, 7) is 0. The number of hydrogen-bond acceptors (Lipinski definition) is 4. The van der Waals surface area contributed by atoms with Gasteiger partial charge in [-0.15, -0.1) is 11.3 Å². The number of ether oxygens (including phenoxy) is 1. The highest BCUT2D eigenvalue weighted by Crippen LogP contribution is 2.31. The molecule has 1 atom stereocenters. The van der Waals surface area contributed by atoms with E-state index in [1.165, 1.54) is 11.3 Å². The summed E-state index contributed by atoms with van der Waals surface area (Å²) in [6.07, 6.45) is 2.50. The average molecular weight is 256 g/mol. The van der Waals surface area contributed by atoms with Gasteiger partial charge in [0.05, 0.1) is 17.6 Å². The van der Waals surface area contributed by atoms with Crippen molar-refractivity contribution in [3.8, 4) is 5.75 Å². The maximum Gasteiger partial charge on any atom is 0.137 e. The predicted octanol–water partition coefficient (Wildman–Crippen LogP) is 2.89. The molecule has 0 aromatic carbocycles. The van der Waals surface area contributed by atoms with Crippen LogP contribution in [-0.2, 0) is 0 Å². The average Bonchev–Trinajstić information content (AvgIpc) is 2.75. The normalized spacial score (nSPS) is 12.4. The summed E-state index contributed by atoms with van der Waals surface area (Å²) < 4.78 is 5.71. The van der Waals surface area contributed by atoms with Crippen molar-refractivity contribution < 1.29 is 9.84 Å². The van der Waals surface area contributed by atoms with Gasteiger partial charge in [0.15, 0.2) is 0 Å². The third-order valence-corrected chi connectivity index (χ3v) is 3.43. The molecule has 84 valence electrons. The number of aliphatic hydroxyl groups is 1. The molecule has 2 aromatic rings. The minimum absolute atomic E-state index is 0.624. The van der Waals surface area contributed by atoms with Crippen LogP contribution in [0.15, 0.2) is 30.6 Å². The number of nitrogens with zero attached hydrogens (tertiary/aromatic N) is 1. The fourth-order valence-corrected chi connectivity index (χ4v) is 2.41. The Hall–Kier alpha value is -1.10. The van der Waals surface area contributed by atoms with Crippen molar-refractivity contribution in [2.24, 2.45) is 0 Å². The number of aliphatic hydroxyl groups excluding tert-OH is 1. The molecular formula is C11H10ClNO2S. The molecule has 0 aliphatic rings. The molecular weight excluding hydrogens is 246 g/mol. The Morgan fingerprint density at radius 2 is 2.25 bits per heavy atom. The van der Waals surface area contributed by atoms with Crippen LogP contribution in [0.25, 0.3) is 0 Å². The fourth-order valence-electron chi connectivity index (χ4n) is 1.34. The lowest BCUT2D eigenvalue weighted by Gasteiger charge is -2.09. The van der Waals surface area contributed by atoms with Crippen molar-refractivity contribution in [3.63, 3.8) is 0 Å². The summed E-state index contributed by atoms with van der Waals surface area (Å²) in [5.74, 6) is 0.624. The Balaban J connectivity index is 2.29. The van der Waals surface area contributed by atoms with E-state index in [0.717, 1.165) is 4.88 Å². The molecule has 0 fully saturated rings. The first kappa shape index (κ1) is 11.4. The second-order valence-corrected chi connectivity index (χ2v) is 4.95. The van der Waals surface area contributed by atoms with Crippen molar-refractivity contribution in [1.82, 2.24) is 4.98 Å². The van der Waals surface area contributed by atoms with E-state index in [2.05, 4.69) is 4.98 Å². The first-order chi connectivity index (χ1) is 7.70. The van der Waals surface area contributed by atoms with Gasteiger partial charge in [0.1, 0.15) is 11.9 Å². The molecule has 16 heavy (non-hydrogen) atoms. The number of hydrogen-bond donors (Lipinski definition) is 1. The lowest BCUT2D eigenvalue weighted by molar-refractivity contribution is 0.223. The van der Waals surface area contributed by atoms with Gasteiger partial charge in [0, 0.05) is 16.6 Å². The Morgan fingerprint density at radius 1 is 1.44 bits per heavy atom. The van der Waals surface area contributed by atoms with Crippen LogP contribution in [0.4, 0.5) is 0 Å². The molecule has 0 aliphatic heterocycles. The molecule has 0 bridgehead atoms. The molecule has 1 unspecified atom stereocenters. The smallest absolute Gasteiger partial charge is 0.137 e. The zero-order valence-electron chi connectivity index (χ0n) is 8.55. The molecule has 1 N–H and O–H groups in total. The molecule has 0 saturated heterocycles. The lowest BCUT2D eigenvalue weighted by Crippen LogP contribution is -1.98. The minimum atomic E-state index is -0.708. The first-order valence-corrected chi connectivity index (χ1v) is 5.82. The minimum Gasteiger partial charge on any atom is -0.495 e. The third-order valence-electron chi connectivity index (χ3n) is 2.15. The second-order valence-electron chi connectivity index (χ2n) is 3.20. The van der Waals surface area contributed by atoms with Crippen molar-refractivity contribution in [1.29, 1.82) is 0 Å². The largest absolute Gasteiger partial charge is 0.495 e. The number of aromatic nitrogens is 1. The van der Waals surface area contributed by atoms with Crippen LogP contribution in [0.1, 0.15) is 16.5 Å². The maximum atomic E-state index is 10.1. The van der Waals surface area contributed by atoms with Gasteiger partial charge in [0.25, 0.3) is 0 Å². The summed E-state index contributed by atoms with van der Waals surface area (Å²) in [5, 5.41) is 10.1. The van der Waals surface area contributed by atoms with E-state index in [0.29, 0.717) is 15.6 Å². The molecule has 0 amide bonds. The highest BCUT2D eigenvalue weighted by molar-refractivity contribution is 7.16. The molecule has 2 aromatic heterocycles. The summed E-state index contributed by atoms with van der Waals surface area (Å²) in [6, 6.07) is 5.32. The van der Waals surface area contributed by atoms with Gasteiger partial charge in [-0.1, -0.05) is 11.6 Å². The van der Waals surface area contributed by atoms with E-state index in [1.54, 1.807) is 37.7 Å². The predicted molar refractivity (Wildman–Crippen MR) is 64.2 cm³/mol. The van der Waals surface area contributed by atoms with Gasteiger partial charge < -0.3 is 9.84 Å². The van der Waals surface area contributed by atoms with E-state index in [1.807, 2.05) is 0 Å². The van der Waals surface area contributed by atoms with Gasteiger partial charge in [-0.25, -0.2) is 0 Å². The Labute approximate surface area is 102 Å². The van der Waals surface area contributed by atoms with E-state index in [-0.39, 0.29) is 0 Å². The summed E-state index contributed by atoms with van der Waals surface area (Å²) in [5.41, 5.74) is 0.692. The molecule has 0 radical (unpaired) electrons. The molecule has 3 nitrogen and oxygen atoms in total. The quantitative estimate of drug-likeness (QED) is 0.917. The molecule has 5 heteroatoms. The van der Waals surface area contributed by atoms with E-state index in [9.17, 15) is 5.11 Å². The highest BCUT2D eigenvalue weighted by atomic mass is 35.5. The maximum absolute atomic E-state index is 10.1. The number of pyridine rings is 1. The summed E-state index contributed by atoms with van der Waals surface area (Å²) in [7, 11) is 1.56. The van der Waals surface area contributed by atoms with Crippen LogP contribution in [-0.4, -0.2) is 17.2 Å². The van der Waals surface area contributed by atoms with E-state index in [4.69, 9.17) is 16.3 Å². The van der Waals surface area contributed by atoms with Crippen LogP contribution in [0, 0.1) is 0 Å². The van der Waals surface area contributed by atoms with Crippen molar-refractivity contribution in [3.05, 3.63) is 45.4 Å². The van der Waals surface area contributed by atoms with Crippen LogP contribution in [0.2, 0.25) is 4.34 Å². The monoisotopic (exact) mass is 255 g/mol. The molecule has 0 aliphatic carbocycles. The van der Waals surface area contributed by atoms with E-state index < -0.39 is 6.10 Å². The number of methoxy groups -OCH3 is 1. The zero-order chi connectivity index (χ0) is 11.5. The van der Waals surface area contributed by atoms with Crippen LogP contribution < -0.4 is 4.74 Å². The van der Waals surface area contributed by atoms with Gasteiger partial charge in [-0.3, -0.25) is 4.98 Å². The summed E-state index contributed by atoms with van der Waals surface area (Å²) >= 11 is 7.17. The highest BCUT2D eigenvalue weighted by Gasteiger charge is 2.13. The second kappa shape index (κ2) is 4.82. The van der Waals surface area contributed by atoms with E-state index >= 15 is 0 Å². The molecule has 2 heterocycles. The number of halogens is 1. The van der Waals surface area contributed by atoms with Crippen molar-refractivity contribution in [2.45, 2.75) is 6.10 Å². The lowest BCUT2D eigenvalue weighted by atomic mass is 10.1. The number of thiophene rings is 1. The molecule has 2 rings (SSSR count). The fraction of sp³-hybridized carbons (Fsp3) is 0.182. The Morgan fingerprint density at radius 3 is 2.88 bits per heavy atom. The Kier molecular flexibility index (Phi) is 3.43. The van der Waals surface area contributed by atoms with Crippen molar-refractivity contribution >= 4 is 22.9 Å². The first-order valence-electron chi connectivity index (χ1n) is 4.63. The van der Waals surface area contributed by atoms with Crippen LogP contribution in [0.5, 0.6) is 5.75 Å². The van der Waals surface area contributed by atoms with Crippen LogP contribution in [0.3, 0.4) is 0 Å². The van der Waals surface area contributed by atoms with Crippen molar-refractivity contribution in [2.75, 3.05) is 7.11 Å².